The second kappa shape index (κ2) is 8.71. The summed E-state index contributed by atoms with van der Waals surface area (Å²) in [4.78, 5) is 3.44. The van der Waals surface area contributed by atoms with Crippen LogP contribution >= 0.6 is 11.3 Å². The van der Waals surface area contributed by atoms with E-state index in [-0.39, 0.29) is 6.10 Å². The number of nitrogens with one attached hydrogen (secondary N) is 1. The van der Waals surface area contributed by atoms with Crippen molar-refractivity contribution in [3.8, 4) is 0 Å². The molecule has 114 valence electrons. The monoisotopic (exact) mass is 300 g/mol. The van der Waals surface area contributed by atoms with E-state index in [0.717, 1.165) is 26.2 Å². The Morgan fingerprint density at radius 3 is 3.30 bits per heavy atom. The predicted octanol–water partition coefficient (Wildman–Crippen LogP) is 0.546. The van der Waals surface area contributed by atoms with Crippen molar-refractivity contribution in [2.75, 3.05) is 46.4 Å². The number of aliphatic hydroxyl groups excluding tert-OH is 1. The number of ether oxygens (including phenoxy) is 2. The fourth-order valence-corrected chi connectivity index (χ4v) is 2.79. The topological polar surface area (TPSA) is 54.0 Å². The van der Waals surface area contributed by atoms with Crippen molar-refractivity contribution in [1.29, 1.82) is 0 Å². The Bertz CT molecular complexity index is 361. The summed E-state index contributed by atoms with van der Waals surface area (Å²) < 4.78 is 11.1. The molecule has 1 aliphatic heterocycles. The number of hydrogen-bond donors (Lipinski definition) is 2. The molecule has 0 aliphatic carbocycles. The lowest BCUT2D eigenvalue weighted by Crippen LogP contribution is -2.46. The summed E-state index contributed by atoms with van der Waals surface area (Å²) in [5.41, 5.74) is 0. The molecule has 5 nitrogen and oxygen atoms in total. The molecule has 20 heavy (non-hydrogen) atoms. The fourth-order valence-electron chi connectivity index (χ4n) is 2.15. The molecule has 1 aromatic rings. The summed E-state index contributed by atoms with van der Waals surface area (Å²) in [6.07, 6.45) is -0.260. The normalized spacial score (nSPS) is 22.0. The van der Waals surface area contributed by atoms with E-state index in [1.54, 1.807) is 11.3 Å². The van der Waals surface area contributed by atoms with Crippen molar-refractivity contribution >= 4 is 11.3 Å². The minimum atomic E-state index is -0.476. The molecule has 0 bridgehead atoms. The molecule has 2 heterocycles. The van der Waals surface area contributed by atoms with E-state index in [0.29, 0.717) is 19.8 Å². The highest BCUT2D eigenvalue weighted by Gasteiger charge is 2.17. The highest BCUT2D eigenvalue weighted by Crippen LogP contribution is 2.09. The molecule has 1 aliphatic rings. The van der Waals surface area contributed by atoms with Gasteiger partial charge in [0.05, 0.1) is 32.0 Å². The first-order valence-corrected chi connectivity index (χ1v) is 7.91. The lowest BCUT2D eigenvalue weighted by atomic mass is 10.2. The van der Waals surface area contributed by atoms with Gasteiger partial charge in [0.1, 0.15) is 0 Å². The Balaban J connectivity index is 1.50. The zero-order chi connectivity index (χ0) is 14.2. The average molecular weight is 300 g/mol. The molecule has 2 atom stereocenters. The van der Waals surface area contributed by atoms with E-state index in [4.69, 9.17) is 9.47 Å². The van der Waals surface area contributed by atoms with E-state index in [9.17, 15) is 5.11 Å². The SMILES string of the molecule is CN1CCO[C@H](CNC[C@H](O)COCc2cccs2)C1. The lowest BCUT2D eigenvalue weighted by molar-refractivity contribution is -0.0211. The number of nitrogens with zero attached hydrogens (tertiary/aromatic N) is 1. The van der Waals surface area contributed by atoms with E-state index < -0.39 is 6.10 Å². The van der Waals surface area contributed by atoms with Crippen molar-refractivity contribution in [1.82, 2.24) is 10.2 Å². The second-order valence-corrected chi connectivity index (χ2v) is 6.19. The van der Waals surface area contributed by atoms with Gasteiger partial charge in [-0.1, -0.05) is 6.07 Å². The summed E-state index contributed by atoms with van der Waals surface area (Å²) in [5.74, 6) is 0. The molecule has 1 fully saturated rings. The molecule has 0 amide bonds. The Hall–Kier alpha value is -0.500. The number of aliphatic hydroxyl groups is 1. The molecule has 0 spiro atoms. The molecule has 1 aromatic heterocycles. The van der Waals surface area contributed by atoms with Crippen LogP contribution in [0.2, 0.25) is 0 Å². The maximum absolute atomic E-state index is 9.82. The van der Waals surface area contributed by atoms with Crippen LogP contribution in [0.1, 0.15) is 4.88 Å². The van der Waals surface area contributed by atoms with Gasteiger partial charge < -0.3 is 24.8 Å². The molecular formula is C14H24N2O3S. The maximum atomic E-state index is 9.82. The summed E-state index contributed by atoms with van der Waals surface area (Å²) in [5, 5.41) is 15.1. The third-order valence-corrected chi connectivity index (χ3v) is 4.08. The largest absolute Gasteiger partial charge is 0.389 e. The Morgan fingerprint density at radius 2 is 2.55 bits per heavy atom. The molecular weight excluding hydrogens is 276 g/mol. The molecule has 0 unspecified atom stereocenters. The quantitative estimate of drug-likeness (QED) is 0.734. The predicted molar refractivity (Wildman–Crippen MR) is 80.1 cm³/mol. The van der Waals surface area contributed by atoms with Crippen molar-refractivity contribution in [3.63, 3.8) is 0 Å². The van der Waals surface area contributed by atoms with Crippen LogP contribution in [0.15, 0.2) is 17.5 Å². The van der Waals surface area contributed by atoms with Gasteiger partial charge in [0.2, 0.25) is 0 Å². The van der Waals surface area contributed by atoms with Gasteiger partial charge in [-0.25, -0.2) is 0 Å². The molecule has 1 saturated heterocycles. The number of morpholine rings is 1. The van der Waals surface area contributed by atoms with Crippen LogP contribution in [0.25, 0.3) is 0 Å². The summed E-state index contributed by atoms with van der Waals surface area (Å²) in [7, 11) is 2.10. The minimum absolute atomic E-state index is 0.216. The lowest BCUT2D eigenvalue weighted by Gasteiger charge is -2.30. The minimum Gasteiger partial charge on any atom is -0.389 e. The van der Waals surface area contributed by atoms with Crippen LogP contribution in [0, 0.1) is 0 Å². The van der Waals surface area contributed by atoms with Crippen LogP contribution in [0.5, 0.6) is 0 Å². The Labute approximate surface area is 124 Å². The Kier molecular flexibility index (Phi) is 6.92. The first-order valence-electron chi connectivity index (χ1n) is 7.03. The van der Waals surface area contributed by atoms with Gasteiger partial charge in [-0.2, -0.15) is 0 Å². The molecule has 6 heteroatoms. The van der Waals surface area contributed by atoms with E-state index in [1.807, 2.05) is 17.5 Å². The van der Waals surface area contributed by atoms with E-state index in [2.05, 4.69) is 17.3 Å². The Morgan fingerprint density at radius 1 is 1.65 bits per heavy atom. The maximum Gasteiger partial charge on any atom is 0.0897 e. The first kappa shape index (κ1) is 15.9. The van der Waals surface area contributed by atoms with Gasteiger partial charge >= 0.3 is 0 Å². The van der Waals surface area contributed by atoms with Crippen LogP contribution < -0.4 is 5.32 Å². The second-order valence-electron chi connectivity index (χ2n) is 5.16. The summed E-state index contributed by atoms with van der Waals surface area (Å²) in [6.45, 7) is 4.96. The number of likely N-dealkylation sites (N-methyl/N-ethyl adjacent to an activating group) is 1. The van der Waals surface area contributed by atoms with Crippen molar-refractivity contribution in [3.05, 3.63) is 22.4 Å². The van der Waals surface area contributed by atoms with Gasteiger partial charge in [0.25, 0.3) is 0 Å². The zero-order valence-corrected chi connectivity index (χ0v) is 12.8. The van der Waals surface area contributed by atoms with E-state index in [1.165, 1.54) is 4.88 Å². The highest BCUT2D eigenvalue weighted by atomic mass is 32.1. The smallest absolute Gasteiger partial charge is 0.0897 e. The average Bonchev–Trinajstić information content (AvgIpc) is 2.92. The first-order chi connectivity index (χ1) is 9.74. The van der Waals surface area contributed by atoms with E-state index >= 15 is 0 Å². The van der Waals surface area contributed by atoms with Crippen LogP contribution in [0.4, 0.5) is 0 Å². The number of hydrogen-bond acceptors (Lipinski definition) is 6. The number of rotatable bonds is 8. The van der Waals surface area contributed by atoms with Crippen molar-refractivity contribution in [2.45, 2.75) is 18.8 Å². The molecule has 2 rings (SSSR count). The summed E-state index contributed by atoms with van der Waals surface area (Å²) >= 11 is 1.67. The molecule has 2 N–H and O–H groups in total. The standard InChI is InChI=1S/C14H24N2O3S/c1-16-4-5-19-13(9-16)8-15-7-12(17)10-18-11-14-3-2-6-20-14/h2-3,6,12-13,15,17H,4-5,7-11H2,1H3/t12-,13+/m0/s1. The molecule has 0 radical (unpaired) electrons. The van der Waals surface area contributed by atoms with Crippen molar-refractivity contribution < 1.29 is 14.6 Å². The van der Waals surface area contributed by atoms with Gasteiger partial charge in [-0.15, -0.1) is 11.3 Å². The summed E-state index contributed by atoms with van der Waals surface area (Å²) in [6, 6.07) is 4.04. The molecule has 0 aromatic carbocycles. The third-order valence-electron chi connectivity index (χ3n) is 3.23. The van der Waals surface area contributed by atoms with Gasteiger partial charge in [0.15, 0.2) is 0 Å². The van der Waals surface area contributed by atoms with Gasteiger partial charge in [0, 0.05) is 31.1 Å². The highest BCUT2D eigenvalue weighted by molar-refractivity contribution is 7.09. The fraction of sp³-hybridized carbons (Fsp3) is 0.714. The third kappa shape index (κ3) is 5.87. The van der Waals surface area contributed by atoms with Crippen LogP contribution in [-0.2, 0) is 16.1 Å². The van der Waals surface area contributed by atoms with Crippen LogP contribution in [-0.4, -0.2) is 68.7 Å². The van der Waals surface area contributed by atoms with Crippen LogP contribution in [0.3, 0.4) is 0 Å². The van der Waals surface area contributed by atoms with Gasteiger partial charge in [-0.3, -0.25) is 0 Å². The van der Waals surface area contributed by atoms with Gasteiger partial charge in [-0.05, 0) is 18.5 Å². The van der Waals surface area contributed by atoms with Crippen molar-refractivity contribution in [2.24, 2.45) is 0 Å². The molecule has 0 saturated carbocycles. The number of thiophene rings is 1. The zero-order valence-electron chi connectivity index (χ0n) is 12.0.